The fourth-order valence-electron chi connectivity index (χ4n) is 1.62. The Balaban J connectivity index is 2.39. The van der Waals surface area contributed by atoms with Crippen LogP contribution in [0.1, 0.15) is 23.1 Å². The minimum Gasteiger partial charge on any atom is -0.382 e. The number of hydrogen-bond donors (Lipinski definition) is 1. The maximum atomic E-state index is 12.4. The quantitative estimate of drug-likeness (QED) is 0.865. The lowest BCUT2D eigenvalue weighted by Crippen LogP contribution is -2.11. The molecule has 0 saturated heterocycles. The molecule has 0 aliphatic rings. The molecule has 2 aromatic rings. The van der Waals surface area contributed by atoms with E-state index < -0.39 is 18.0 Å². The van der Waals surface area contributed by atoms with Crippen molar-refractivity contribution in [2.75, 3.05) is 0 Å². The molecule has 1 atom stereocenters. The van der Waals surface area contributed by atoms with E-state index in [-0.39, 0.29) is 10.7 Å². The molecule has 102 valence electrons. The molecule has 0 saturated carbocycles. The van der Waals surface area contributed by atoms with E-state index >= 15 is 0 Å². The largest absolute Gasteiger partial charge is 0.433 e. The Kier molecular flexibility index (Phi) is 3.51. The first-order chi connectivity index (χ1) is 8.80. The molecule has 2 rings (SSSR count). The summed E-state index contributed by atoms with van der Waals surface area (Å²) in [5.41, 5.74) is -0.597. The zero-order valence-electron chi connectivity index (χ0n) is 9.69. The van der Waals surface area contributed by atoms with Crippen molar-refractivity contribution in [3.05, 3.63) is 46.5 Å². The van der Waals surface area contributed by atoms with E-state index in [9.17, 15) is 18.3 Å². The molecule has 0 fully saturated rings. The van der Waals surface area contributed by atoms with E-state index in [1.807, 2.05) is 0 Å². The smallest absolute Gasteiger partial charge is 0.382 e. The van der Waals surface area contributed by atoms with E-state index in [4.69, 9.17) is 11.6 Å². The molecule has 2 aromatic heterocycles. The summed E-state index contributed by atoms with van der Waals surface area (Å²) in [6, 6.07) is 3.43. The number of rotatable bonds is 2. The highest BCUT2D eigenvalue weighted by Gasteiger charge is 2.33. The third kappa shape index (κ3) is 2.71. The van der Waals surface area contributed by atoms with E-state index in [1.54, 1.807) is 13.1 Å². The lowest BCUT2D eigenvalue weighted by Gasteiger charge is -2.14. The molecule has 0 aliphatic carbocycles. The zero-order chi connectivity index (χ0) is 14.2. The molecule has 1 unspecified atom stereocenters. The van der Waals surface area contributed by atoms with Gasteiger partial charge in [-0.3, -0.25) is 4.68 Å². The van der Waals surface area contributed by atoms with Gasteiger partial charge in [0.25, 0.3) is 0 Å². The fraction of sp³-hybridized carbons (Fsp3) is 0.273. The van der Waals surface area contributed by atoms with Crippen molar-refractivity contribution in [1.82, 2.24) is 14.8 Å². The summed E-state index contributed by atoms with van der Waals surface area (Å²) in [5.74, 6) is 0. The Labute approximate surface area is 111 Å². The van der Waals surface area contributed by atoms with Crippen molar-refractivity contribution < 1.29 is 18.3 Å². The molecule has 19 heavy (non-hydrogen) atoms. The zero-order valence-corrected chi connectivity index (χ0v) is 10.4. The molecule has 0 aliphatic heterocycles. The number of hydrogen-bond acceptors (Lipinski definition) is 3. The maximum Gasteiger partial charge on any atom is 0.433 e. The normalized spacial score (nSPS) is 13.6. The van der Waals surface area contributed by atoms with Gasteiger partial charge in [-0.15, -0.1) is 0 Å². The molecule has 0 aromatic carbocycles. The molecule has 8 heteroatoms. The molecule has 4 nitrogen and oxygen atoms in total. The minimum absolute atomic E-state index is 0.0956. The van der Waals surface area contributed by atoms with Crippen molar-refractivity contribution in [2.24, 2.45) is 7.05 Å². The second kappa shape index (κ2) is 4.82. The van der Waals surface area contributed by atoms with Crippen LogP contribution in [0, 0.1) is 0 Å². The Hall–Kier alpha value is -1.60. The van der Waals surface area contributed by atoms with E-state index in [2.05, 4.69) is 10.1 Å². The standard InChI is InChI=1S/C11H9ClF3N3O/c1-18-7(4-5-16-18)9(19)6-2-3-8(11(13,14)15)17-10(6)12/h2-5,9,19H,1H3. The van der Waals surface area contributed by atoms with Crippen LogP contribution in [0.25, 0.3) is 0 Å². The molecule has 0 bridgehead atoms. The molecule has 2 heterocycles. The number of aliphatic hydroxyl groups is 1. The summed E-state index contributed by atoms with van der Waals surface area (Å²) in [6.45, 7) is 0. The van der Waals surface area contributed by atoms with E-state index in [1.165, 1.54) is 10.9 Å². The van der Waals surface area contributed by atoms with Crippen molar-refractivity contribution in [3.8, 4) is 0 Å². The van der Waals surface area contributed by atoms with Crippen molar-refractivity contribution in [1.29, 1.82) is 0 Å². The third-order valence-corrected chi connectivity index (χ3v) is 2.90. The fourth-order valence-corrected chi connectivity index (χ4v) is 1.88. The Morgan fingerprint density at radius 2 is 2.00 bits per heavy atom. The molecule has 1 N–H and O–H groups in total. The second-order valence-electron chi connectivity index (χ2n) is 3.86. The van der Waals surface area contributed by atoms with Crippen LogP contribution < -0.4 is 0 Å². The van der Waals surface area contributed by atoms with Gasteiger partial charge >= 0.3 is 6.18 Å². The highest BCUT2D eigenvalue weighted by Crippen LogP contribution is 2.32. The topological polar surface area (TPSA) is 50.9 Å². The second-order valence-corrected chi connectivity index (χ2v) is 4.21. The van der Waals surface area contributed by atoms with Crippen molar-refractivity contribution in [3.63, 3.8) is 0 Å². The highest BCUT2D eigenvalue weighted by molar-refractivity contribution is 6.30. The molecular weight excluding hydrogens is 283 g/mol. The Bertz CT molecular complexity index is 597. The molecule has 0 amide bonds. The Morgan fingerprint density at radius 3 is 2.47 bits per heavy atom. The van der Waals surface area contributed by atoms with E-state index in [0.717, 1.165) is 12.1 Å². The predicted molar refractivity (Wildman–Crippen MR) is 61.5 cm³/mol. The predicted octanol–water partition coefficient (Wildman–Crippen LogP) is 2.57. The number of pyridine rings is 1. The number of aromatic nitrogens is 3. The first kappa shape index (κ1) is 13.8. The average molecular weight is 292 g/mol. The van der Waals surface area contributed by atoms with Crippen LogP contribution in [0.2, 0.25) is 5.15 Å². The van der Waals surface area contributed by atoms with Crippen LogP contribution in [0.5, 0.6) is 0 Å². The summed E-state index contributed by atoms with van der Waals surface area (Å²) in [7, 11) is 1.60. The van der Waals surface area contributed by atoms with Crippen LogP contribution in [-0.4, -0.2) is 19.9 Å². The lowest BCUT2D eigenvalue weighted by molar-refractivity contribution is -0.141. The van der Waals surface area contributed by atoms with Gasteiger partial charge in [-0.2, -0.15) is 18.3 Å². The average Bonchev–Trinajstić information content (AvgIpc) is 2.73. The van der Waals surface area contributed by atoms with Crippen molar-refractivity contribution in [2.45, 2.75) is 12.3 Å². The van der Waals surface area contributed by atoms with Gasteiger partial charge in [-0.25, -0.2) is 4.98 Å². The third-order valence-electron chi connectivity index (χ3n) is 2.60. The SMILES string of the molecule is Cn1nccc1C(O)c1ccc(C(F)(F)F)nc1Cl. The molecular formula is C11H9ClF3N3O. The summed E-state index contributed by atoms with van der Waals surface area (Å²) in [4.78, 5) is 3.26. The van der Waals surface area contributed by atoms with Crippen LogP contribution in [0.3, 0.4) is 0 Å². The van der Waals surface area contributed by atoms with Gasteiger partial charge in [0.05, 0.1) is 5.69 Å². The van der Waals surface area contributed by atoms with Gasteiger partial charge in [0.1, 0.15) is 17.0 Å². The van der Waals surface area contributed by atoms with Crippen molar-refractivity contribution >= 4 is 11.6 Å². The summed E-state index contributed by atoms with van der Waals surface area (Å²) in [6.07, 6.45) is -4.29. The lowest BCUT2D eigenvalue weighted by atomic mass is 10.1. The first-order valence-electron chi connectivity index (χ1n) is 5.20. The first-order valence-corrected chi connectivity index (χ1v) is 5.58. The number of nitrogens with zero attached hydrogens (tertiary/aromatic N) is 3. The van der Waals surface area contributed by atoms with Gasteiger partial charge in [0.15, 0.2) is 0 Å². The summed E-state index contributed by atoms with van der Waals surface area (Å²) >= 11 is 5.70. The number of halogens is 4. The van der Waals surface area contributed by atoms with Crippen LogP contribution >= 0.6 is 11.6 Å². The summed E-state index contributed by atoms with van der Waals surface area (Å²) < 4.78 is 38.7. The van der Waals surface area contributed by atoms with Gasteiger partial charge in [-0.1, -0.05) is 17.7 Å². The highest BCUT2D eigenvalue weighted by atomic mass is 35.5. The van der Waals surface area contributed by atoms with Gasteiger partial charge < -0.3 is 5.11 Å². The minimum atomic E-state index is -4.57. The molecule has 0 spiro atoms. The number of aryl methyl sites for hydroxylation is 1. The maximum absolute atomic E-state index is 12.4. The number of alkyl halides is 3. The number of aliphatic hydroxyl groups excluding tert-OH is 1. The van der Waals surface area contributed by atoms with Gasteiger partial charge in [-0.05, 0) is 12.1 Å². The Morgan fingerprint density at radius 1 is 1.32 bits per heavy atom. The van der Waals surface area contributed by atoms with Crippen LogP contribution in [0.15, 0.2) is 24.4 Å². The van der Waals surface area contributed by atoms with E-state index in [0.29, 0.717) is 5.69 Å². The molecule has 0 radical (unpaired) electrons. The monoisotopic (exact) mass is 291 g/mol. The van der Waals surface area contributed by atoms with Gasteiger partial charge in [0.2, 0.25) is 0 Å². The van der Waals surface area contributed by atoms with Crippen LogP contribution in [-0.2, 0) is 13.2 Å². The van der Waals surface area contributed by atoms with Crippen LogP contribution in [0.4, 0.5) is 13.2 Å². The van der Waals surface area contributed by atoms with Gasteiger partial charge in [0, 0.05) is 18.8 Å². The summed E-state index contributed by atoms with van der Waals surface area (Å²) in [5, 5.41) is 13.5.